The van der Waals surface area contributed by atoms with E-state index in [1.165, 1.54) is 22.3 Å². The van der Waals surface area contributed by atoms with Gasteiger partial charge in [0.1, 0.15) is 5.75 Å². The van der Waals surface area contributed by atoms with Crippen LogP contribution < -0.4 is 4.74 Å². The van der Waals surface area contributed by atoms with Crippen LogP contribution in [0.4, 0.5) is 0 Å². The van der Waals surface area contributed by atoms with Crippen molar-refractivity contribution in [1.82, 2.24) is 0 Å². The van der Waals surface area contributed by atoms with E-state index in [-0.39, 0.29) is 5.97 Å². The molecule has 1 aliphatic rings. The van der Waals surface area contributed by atoms with E-state index >= 15 is 0 Å². The highest BCUT2D eigenvalue weighted by Crippen LogP contribution is 2.29. The van der Waals surface area contributed by atoms with E-state index < -0.39 is 0 Å². The maximum atomic E-state index is 12.5. The largest absolute Gasteiger partial charge is 0.423 e. The van der Waals surface area contributed by atoms with E-state index in [2.05, 4.69) is 19.9 Å². The van der Waals surface area contributed by atoms with E-state index in [0.717, 1.165) is 30.4 Å². The summed E-state index contributed by atoms with van der Waals surface area (Å²) in [6.07, 6.45) is 5.46. The molecule has 0 saturated heterocycles. The summed E-state index contributed by atoms with van der Waals surface area (Å²) >= 11 is 0. The molecular weight excluding hydrogens is 296 g/mol. The lowest BCUT2D eigenvalue weighted by Gasteiger charge is -2.19. The molecule has 2 nitrogen and oxygen atoms in total. The molecule has 2 heteroatoms. The number of rotatable bonds is 3. The SMILES string of the molecule is CCC1=Cc2c(C)cc(C(=O)Oc3ccc(C)c(C)c3)cc2CC1. The molecule has 0 N–H and O–H groups in total. The third-order valence-corrected chi connectivity index (χ3v) is 4.92. The number of esters is 1. The molecular formula is C22H24O2. The summed E-state index contributed by atoms with van der Waals surface area (Å²) in [5.41, 5.74) is 8.11. The molecule has 0 radical (unpaired) electrons. The molecule has 0 atom stereocenters. The summed E-state index contributed by atoms with van der Waals surface area (Å²) in [4.78, 5) is 12.5. The maximum absolute atomic E-state index is 12.5. The molecule has 0 heterocycles. The smallest absolute Gasteiger partial charge is 0.343 e. The minimum absolute atomic E-state index is 0.283. The monoisotopic (exact) mass is 320 g/mol. The third kappa shape index (κ3) is 3.28. The standard InChI is InChI=1S/C22H24O2/c1-5-17-7-8-18-13-19(10-16(4)21(18)12-17)22(23)24-20-9-6-14(2)15(3)11-20/h6,9-13H,5,7-8H2,1-4H3. The predicted molar refractivity (Wildman–Crippen MR) is 98.6 cm³/mol. The molecule has 124 valence electrons. The van der Waals surface area contributed by atoms with E-state index in [0.29, 0.717) is 11.3 Å². The lowest BCUT2D eigenvalue weighted by molar-refractivity contribution is 0.0734. The summed E-state index contributed by atoms with van der Waals surface area (Å²) in [5.74, 6) is 0.320. The van der Waals surface area contributed by atoms with Gasteiger partial charge in [0.05, 0.1) is 5.56 Å². The van der Waals surface area contributed by atoms with Crippen molar-refractivity contribution in [3.8, 4) is 5.75 Å². The average Bonchev–Trinajstić information content (AvgIpc) is 2.57. The number of benzene rings is 2. The van der Waals surface area contributed by atoms with Crippen molar-refractivity contribution in [2.24, 2.45) is 0 Å². The molecule has 2 aromatic carbocycles. The van der Waals surface area contributed by atoms with Crippen LogP contribution in [0.2, 0.25) is 0 Å². The van der Waals surface area contributed by atoms with Crippen LogP contribution in [-0.4, -0.2) is 5.97 Å². The second-order valence-corrected chi connectivity index (χ2v) is 6.66. The fourth-order valence-electron chi connectivity index (χ4n) is 3.20. The van der Waals surface area contributed by atoms with Crippen LogP contribution in [-0.2, 0) is 6.42 Å². The van der Waals surface area contributed by atoms with Crippen molar-refractivity contribution in [2.45, 2.75) is 47.0 Å². The van der Waals surface area contributed by atoms with Crippen LogP contribution in [0.15, 0.2) is 35.9 Å². The van der Waals surface area contributed by atoms with E-state index in [1.54, 1.807) is 0 Å². The Morgan fingerprint density at radius 1 is 1.00 bits per heavy atom. The van der Waals surface area contributed by atoms with Crippen LogP contribution in [0.3, 0.4) is 0 Å². The zero-order valence-corrected chi connectivity index (χ0v) is 14.9. The van der Waals surface area contributed by atoms with Crippen molar-refractivity contribution in [3.05, 3.63) is 69.3 Å². The normalized spacial score (nSPS) is 13.2. The zero-order chi connectivity index (χ0) is 17.3. The van der Waals surface area contributed by atoms with Crippen LogP contribution in [0.5, 0.6) is 5.75 Å². The Balaban J connectivity index is 1.87. The molecule has 0 saturated carbocycles. The first-order valence-electron chi connectivity index (χ1n) is 8.60. The molecule has 1 aliphatic carbocycles. The van der Waals surface area contributed by atoms with Gasteiger partial charge >= 0.3 is 5.97 Å². The number of hydrogen-bond acceptors (Lipinski definition) is 2. The Morgan fingerprint density at radius 3 is 2.50 bits per heavy atom. The van der Waals surface area contributed by atoms with E-state index in [1.807, 2.05) is 44.2 Å². The quantitative estimate of drug-likeness (QED) is 0.546. The average molecular weight is 320 g/mol. The van der Waals surface area contributed by atoms with Gasteiger partial charge < -0.3 is 4.74 Å². The van der Waals surface area contributed by atoms with Gasteiger partial charge in [-0.25, -0.2) is 4.79 Å². The second-order valence-electron chi connectivity index (χ2n) is 6.66. The number of hydrogen-bond donors (Lipinski definition) is 0. The summed E-state index contributed by atoms with van der Waals surface area (Å²) < 4.78 is 5.57. The molecule has 0 aromatic heterocycles. The number of aryl methyl sites for hydroxylation is 4. The van der Waals surface area contributed by atoms with Crippen LogP contribution in [0, 0.1) is 20.8 Å². The molecule has 0 unspecified atom stereocenters. The predicted octanol–water partition coefficient (Wildman–Crippen LogP) is 5.57. The van der Waals surface area contributed by atoms with Gasteiger partial charge in [-0.05, 0) is 92.1 Å². The van der Waals surface area contributed by atoms with Gasteiger partial charge in [-0.2, -0.15) is 0 Å². The molecule has 0 aliphatic heterocycles. The fourth-order valence-corrected chi connectivity index (χ4v) is 3.20. The van der Waals surface area contributed by atoms with Crippen molar-refractivity contribution in [3.63, 3.8) is 0 Å². The number of carbonyl (C=O) groups is 1. The van der Waals surface area contributed by atoms with Gasteiger partial charge in [0.25, 0.3) is 0 Å². The van der Waals surface area contributed by atoms with Crippen LogP contribution >= 0.6 is 0 Å². The molecule has 0 bridgehead atoms. The Bertz CT molecular complexity index is 828. The van der Waals surface area contributed by atoms with Gasteiger partial charge in [0.2, 0.25) is 0 Å². The highest BCUT2D eigenvalue weighted by Gasteiger charge is 2.17. The summed E-state index contributed by atoms with van der Waals surface area (Å²) in [7, 11) is 0. The molecule has 0 amide bonds. The van der Waals surface area contributed by atoms with Gasteiger partial charge in [0.15, 0.2) is 0 Å². The first-order valence-corrected chi connectivity index (χ1v) is 8.60. The third-order valence-electron chi connectivity index (χ3n) is 4.92. The lowest BCUT2D eigenvalue weighted by atomic mass is 9.87. The van der Waals surface area contributed by atoms with Gasteiger partial charge in [-0.15, -0.1) is 0 Å². The van der Waals surface area contributed by atoms with Crippen molar-refractivity contribution in [1.29, 1.82) is 0 Å². The zero-order valence-electron chi connectivity index (χ0n) is 14.9. The van der Waals surface area contributed by atoms with E-state index in [4.69, 9.17) is 4.74 Å². The second kappa shape index (κ2) is 6.64. The maximum Gasteiger partial charge on any atom is 0.343 e. The molecule has 0 spiro atoms. The Morgan fingerprint density at radius 2 is 1.79 bits per heavy atom. The highest BCUT2D eigenvalue weighted by atomic mass is 16.5. The van der Waals surface area contributed by atoms with Crippen molar-refractivity contribution >= 4 is 12.0 Å². The lowest BCUT2D eigenvalue weighted by Crippen LogP contribution is -2.11. The number of carbonyl (C=O) groups excluding carboxylic acids is 1. The Hall–Kier alpha value is -2.35. The fraction of sp³-hybridized carbons (Fsp3) is 0.318. The minimum atomic E-state index is -0.283. The van der Waals surface area contributed by atoms with Crippen LogP contribution in [0.25, 0.3) is 6.08 Å². The minimum Gasteiger partial charge on any atom is -0.423 e. The van der Waals surface area contributed by atoms with E-state index in [9.17, 15) is 4.79 Å². The molecule has 2 aromatic rings. The van der Waals surface area contributed by atoms with Gasteiger partial charge in [-0.3, -0.25) is 0 Å². The first-order chi connectivity index (χ1) is 11.5. The molecule has 3 rings (SSSR count). The topological polar surface area (TPSA) is 26.3 Å². The highest BCUT2D eigenvalue weighted by molar-refractivity contribution is 5.92. The van der Waals surface area contributed by atoms with Gasteiger partial charge in [-0.1, -0.05) is 24.6 Å². The number of ether oxygens (including phenoxy) is 1. The number of fused-ring (bicyclic) bond motifs is 1. The molecule has 24 heavy (non-hydrogen) atoms. The number of allylic oxidation sites excluding steroid dienone is 1. The van der Waals surface area contributed by atoms with Crippen molar-refractivity contribution < 1.29 is 9.53 Å². The Kier molecular flexibility index (Phi) is 4.57. The summed E-state index contributed by atoms with van der Waals surface area (Å²) in [6, 6.07) is 9.68. The summed E-state index contributed by atoms with van der Waals surface area (Å²) in [6.45, 7) is 8.33. The van der Waals surface area contributed by atoms with Crippen LogP contribution in [0.1, 0.15) is 57.9 Å². The Labute approximate surface area is 144 Å². The molecule has 0 fully saturated rings. The summed E-state index contributed by atoms with van der Waals surface area (Å²) in [5, 5.41) is 0. The van der Waals surface area contributed by atoms with Gasteiger partial charge in [0, 0.05) is 0 Å². The first kappa shape index (κ1) is 16.5. The van der Waals surface area contributed by atoms with Crippen molar-refractivity contribution in [2.75, 3.05) is 0 Å².